The molecule has 184 valence electrons. The van der Waals surface area contributed by atoms with E-state index < -0.39 is 11.5 Å². The third-order valence-electron chi connectivity index (χ3n) is 8.67. The lowest BCUT2D eigenvalue weighted by Gasteiger charge is -2.56. The Bertz CT molecular complexity index is 1290. The van der Waals surface area contributed by atoms with Gasteiger partial charge in [-0.1, -0.05) is 19.8 Å². The predicted octanol–water partition coefficient (Wildman–Crippen LogP) is 5.86. The van der Waals surface area contributed by atoms with Gasteiger partial charge in [0.1, 0.15) is 17.1 Å². The molecule has 0 aliphatic heterocycles. The smallest absolute Gasteiger partial charge is 0.267 e. The number of rotatable bonds is 7. The Hall–Kier alpha value is -3.02. The number of hydrogen-bond donors (Lipinski definition) is 2. The molecule has 2 aromatic heterocycles. The number of furan rings is 1. The second-order valence-corrected chi connectivity index (χ2v) is 11.2. The zero-order valence-electron chi connectivity index (χ0n) is 20.4. The van der Waals surface area contributed by atoms with Gasteiger partial charge in [-0.05, 0) is 93.0 Å². The average Bonchev–Trinajstić information content (AvgIpc) is 3.35. The molecule has 1 aromatic carbocycles. The number of nitrogens with one attached hydrogen (secondary N) is 1. The summed E-state index contributed by atoms with van der Waals surface area (Å²) in [7, 11) is 0. The molecular formula is C29H34N2O4. The lowest BCUT2D eigenvalue weighted by molar-refractivity contribution is -0.0167. The Kier molecular flexibility index (Phi) is 5.50. The van der Waals surface area contributed by atoms with Gasteiger partial charge in [0.2, 0.25) is 0 Å². The molecule has 4 bridgehead atoms. The second-order valence-electron chi connectivity index (χ2n) is 11.2. The summed E-state index contributed by atoms with van der Waals surface area (Å²) >= 11 is 0. The van der Waals surface area contributed by atoms with Gasteiger partial charge in [0.25, 0.3) is 11.5 Å². The van der Waals surface area contributed by atoms with E-state index >= 15 is 0 Å². The van der Waals surface area contributed by atoms with Crippen molar-refractivity contribution in [1.29, 1.82) is 0 Å². The van der Waals surface area contributed by atoms with Crippen molar-refractivity contribution in [2.45, 2.75) is 76.8 Å². The van der Waals surface area contributed by atoms with Gasteiger partial charge in [0.05, 0.1) is 11.8 Å². The summed E-state index contributed by atoms with van der Waals surface area (Å²) in [5.74, 6) is 2.04. The number of nitrogens with zero attached hydrogens (tertiary/aromatic N) is 1. The lowest BCUT2D eigenvalue weighted by Crippen LogP contribution is -2.60. The van der Waals surface area contributed by atoms with E-state index in [2.05, 4.69) is 12.2 Å². The molecule has 4 fully saturated rings. The first-order valence-corrected chi connectivity index (χ1v) is 13.2. The van der Waals surface area contributed by atoms with E-state index in [1.54, 1.807) is 10.8 Å². The van der Waals surface area contributed by atoms with Crippen LogP contribution in [0, 0.1) is 17.8 Å². The van der Waals surface area contributed by atoms with Crippen LogP contribution in [0.5, 0.6) is 5.75 Å². The number of aromatic hydroxyl groups is 1. The standard InChI is InChI=1S/C29H34N2O4/c1-2-3-4-9-31-23-8-7-21(24-6-5-10-35-24)14-22(23)26(32)25(28(31)34)27(33)30-29-15-18-11-19(16-29)13-20(12-18)17-29/h5-8,10,14,18-20,32H,2-4,9,11-13,15-17H2,1H3,(H,30,33). The highest BCUT2D eigenvalue weighted by Crippen LogP contribution is 2.55. The normalized spacial score (nSPS) is 26.9. The summed E-state index contributed by atoms with van der Waals surface area (Å²) in [5, 5.41) is 15.1. The van der Waals surface area contributed by atoms with Gasteiger partial charge in [0.15, 0.2) is 0 Å². The predicted molar refractivity (Wildman–Crippen MR) is 135 cm³/mol. The zero-order chi connectivity index (χ0) is 24.2. The third-order valence-corrected chi connectivity index (χ3v) is 8.67. The minimum Gasteiger partial charge on any atom is -0.506 e. The Labute approximate surface area is 205 Å². The first kappa shape index (κ1) is 22.4. The number of unbranched alkanes of at least 4 members (excludes halogenated alkanes) is 2. The van der Waals surface area contributed by atoms with Crippen LogP contribution in [0.3, 0.4) is 0 Å². The molecule has 35 heavy (non-hydrogen) atoms. The molecule has 6 nitrogen and oxygen atoms in total. The number of aryl methyl sites for hydroxylation is 1. The van der Waals surface area contributed by atoms with E-state index in [1.807, 2.05) is 30.3 Å². The Balaban J connectivity index is 1.43. The van der Waals surface area contributed by atoms with Gasteiger partial charge < -0.3 is 19.4 Å². The molecule has 7 rings (SSSR count). The number of carbonyl (C=O) groups excluding carboxylic acids is 1. The van der Waals surface area contributed by atoms with Crippen LogP contribution in [0.25, 0.3) is 22.2 Å². The number of carbonyl (C=O) groups is 1. The minimum absolute atomic E-state index is 0.124. The van der Waals surface area contributed by atoms with E-state index in [-0.39, 0.29) is 16.9 Å². The molecule has 0 saturated heterocycles. The van der Waals surface area contributed by atoms with Crippen molar-refractivity contribution in [3.8, 4) is 17.1 Å². The summed E-state index contributed by atoms with van der Waals surface area (Å²) in [6.07, 6.45) is 11.3. The van der Waals surface area contributed by atoms with Crippen molar-refractivity contribution in [2.75, 3.05) is 0 Å². The van der Waals surface area contributed by atoms with E-state index in [0.29, 0.717) is 41.0 Å². The van der Waals surface area contributed by atoms with Crippen LogP contribution in [0.4, 0.5) is 0 Å². The van der Waals surface area contributed by atoms with E-state index in [9.17, 15) is 14.7 Å². The molecule has 1 amide bonds. The monoisotopic (exact) mass is 474 g/mol. The Morgan fingerprint density at radius 2 is 1.83 bits per heavy atom. The highest BCUT2D eigenvalue weighted by atomic mass is 16.3. The summed E-state index contributed by atoms with van der Waals surface area (Å²) in [6.45, 7) is 2.64. The second kappa shape index (κ2) is 8.58. The van der Waals surface area contributed by atoms with Crippen molar-refractivity contribution in [3.63, 3.8) is 0 Å². The first-order chi connectivity index (χ1) is 17.0. The van der Waals surface area contributed by atoms with Crippen LogP contribution in [-0.2, 0) is 6.54 Å². The van der Waals surface area contributed by atoms with Crippen LogP contribution in [-0.4, -0.2) is 21.1 Å². The minimum atomic E-state index is -0.427. The van der Waals surface area contributed by atoms with Crippen molar-refractivity contribution in [2.24, 2.45) is 17.8 Å². The van der Waals surface area contributed by atoms with Crippen LogP contribution >= 0.6 is 0 Å². The first-order valence-electron chi connectivity index (χ1n) is 13.2. The number of fused-ring (bicyclic) bond motifs is 1. The topological polar surface area (TPSA) is 84.5 Å². The molecular weight excluding hydrogens is 440 g/mol. The summed E-state index contributed by atoms with van der Waals surface area (Å²) in [6, 6.07) is 9.24. The fourth-order valence-electron chi connectivity index (χ4n) is 7.55. The molecule has 2 heterocycles. The molecule has 0 spiro atoms. The lowest BCUT2D eigenvalue weighted by atomic mass is 9.53. The number of pyridine rings is 1. The summed E-state index contributed by atoms with van der Waals surface area (Å²) in [4.78, 5) is 27.4. The third kappa shape index (κ3) is 3.87. The maximum atomic E-state index is 13.7. The van der Waals surface area contributed by atoms with Crippen molar-refractivity contribution in [1.82, 2.24) is 9.88 Å². The molecule has 0 unspecified atom stereocenters. The SMILES string of the molecule is CCCCCn1c(=O)c(C(=O)NC23CC4CC(CC(C4)C2)C3)c(O)c2cc(-c3ccco3)ccc21. The molecule has 0 atom stereocenters. The molecule has 2 N–H and O–H groups in total. The van der Waals surface area contributed by atoms with E-state index in [4.69, 9.17) is 4.42 Å². The van der Waals surface area contributed by atoms with Crippen molar-refractivity contribution >= 4 is 16.8 Å². The molecule has 4 aliphatic carbocycles. The maximum Gasteiger partial charge on any atom is 0.267 e. The quantitative estimate of drug-likeness (QED) is 0.420. The van der Waals surface area contributed by atoms with Crippen LogP contribution in [0.1, 0.15) is 75.1 Å². The van der Waals surface area contributed by atoms with E-state index in [1.165, 1.54) is 19.3 Å². The van der Waals surface area contributed by atoms with Gasteiger partial charge in [-0.2, -0.15) is 0 Å². The molecule has 4 aliphatic rings. The number of hydrogen-bond acceptors (Lipinski definition) is 4. The highest BCUT2D eigenvalue weighted by molar-refractivity contribution is 6.03. The maximum absolute atomic E-state index is 13.7. The van der Waals surface area contributed by atoms with Crippen LogP contribution < -0.4 is 10.9 Å². The van der Waals surface area contributed by atoms with Gasteiger partial charge in [-0.25, -0.2) is 0 Å². The largest absolute Gasteiger partial charge is 0.506 e. The number of amides is 1. The van der Waals surface area contributed by atoms with Crippen LogP contribution in [0.2, 0.25) is 0 Å². The molecule has 0 radical (unpaired) electrons. The van der Waals surface area contributed by atoms with Gasteiger partial charge in [-0.15, -0.1) is 0 Å². The highest BCUT2D eigenvalue weighted by Gasteiger charge is 2.51. The number of benzene rings is 1. The van der Waals surface area contributed by atoms with E-state index in [0.717, 1.165) is 44.1 Å². The fraction of sp³-hybridized carbons (Fsp3) is 0.517. The van der Waals surface area contributed by atoms with Crippen molar-refractivity contribution in [3.05, 3.63) is 52.5 Å². The Morgan fingerprint density at radius 1 is 1.11 bits per heavy atom. The fourth-order valence-corrected chi connectivity index (χ4v) is 7.55. The summed E-state index contributed by atoms with van der Waals surface area (Å²) < 4.78 is 7.22. The van der Waals surface area contributed by atoms with Crippen molar-refractivity contribution < 1.29 is 14.3 Å². The molecule has 4 saturated carbocycles. The molecule has 6 heteroatoms. The number of aromatic nitrogens is 1. The summed E-state index contributed by atoms with van der Waals surface area (Å²) in [5.41, 5.74) is 0.678. The van der Waals surface area contributed by atoms with Crippen LogP contribution in [0.15, 0.2) is 45.8 Å². The average molecular weight is 475 g/mol. The zero-order valence-corrected chi connectivity index (χ0v) is 20.4. The molecule has 3 aromatic rings. The van der Waals surface area contributed by atoms with Gasteiger partial charge >= 0.3 is 0 Å². The van der Waals surface area contributed by atoms with Gasteiger partial charge in [0, 0.05) is 23.0 Å². The van der Waals surface area contributed by atoms with Gasteiger partial charge in [-0.3, -0.25) is 9.59 Å². The Morgan fingerprint density at radius 3 is 2.46 bits per heavy atom.